The van der Waals surface area contributed by atoms with Crippen LogP contribution in [0.5, 0.6) is 0 Å². The van der Waals surface area contributed by atoms with Gasteiger partial charge in [-0.15, -0.1) is 0 Å². The lowest BCUT2D eigenvalue weighted by Crippen LogP contribution is -2.46. The standard InChI is InChI=1S/C22H30FN5O2/c1-14(2)12-17(21(29)24-3)25-22(30)19-18-13-27(4)10-5-11-28(18)20(26-19)15-6-8-16(23)9-7-15/h6-9,14,17H,5,10-13H2,1-4H3,(H,24,29)(H,25,30)/t17-/m0/s1. The summed E-state index contributed by atoms with van der Waals surface area (Å²) in [4.78, 5) is 32.3. The number of nitrogens with one attached hydrogen (secondary N) is 2. The quantitative estimate of drug-likeness (QED) is 0.760. The van der Waals surface area contributed by atoms with Crippen molar-refractivity contribution in [2.24, 2.45) is 5.92 Å². The van der Waals surface area contributed by atoms with Gasteiger partial charge in [0.15, 0.2) is 5.69 Å². The Kier molecular flexibility index (Phi) is 6.87. The van der Waals surface area contributed by atoms with Crippen molar-refractivity contribution in [3.05, 3.63) is 41.5 Å². The summed E-state index contributed by atoms with van der Waals surface area (Å²) in [5.41, 5.74) is 1.89. The molecule has 0 radical (unpaired) electrons. The number of fused-ring (bicyclic) bond motifs is 1. The fourth-order valence-electron chi connectivity index (χ4n) is 3.83. The van der Waals surface area contributed by atoms with Crippen LogP contribution in [0.2, 0.25) is 0 Å². The van der Waals surface area contributed by atoms with Crippen LogP contribution in [0.25, 0.3) is 11.4 Å². The van der Waals surface area contributed by atoms with E-state index in [0.717, 1.165) is 30.8 Å². The maximum absolute atomic E-state index is 13.4. The second kappa shape index (κ2) is 9.38. The van der Waals surface area contributed by atoms with Crippen molar-refractivity contribution in [1.29, 1.82) is 0 Å². The van der Waals surface area contributed by atoms with E-state index >= 15 is 0 Å². The molecule has 1 aliphatic rings. The molecule has 1 aromatic carbocycles. The van der Waals surface area contributed by atoms with E-state index in [4.69, 9.17) is 0 Å². The summed E-state index contributed by atoms with van der Waals surface area (Å²) in [6, 6.07) is 5.51. The molecular formula is C22H30FN5O2. The SMILES string of the molecule is CNC(=O)[C@H](CC(C)C)NC(=O)c1nc(-c2ccc(F)cc2)n2c1CN(C)CCC2. The summed E-state index contributed by atoms with van der Waals surface area (Å²) < 4.78 is 15.5. The molecule has 30 heavy (non-hydrogen) atoms. The van der Waals surface area contributed by atoms with Crippen LogP contribution in [0.1, 0.15) is 42.9 Å². The Balaban J connectivity index is 1.99. The molecule has 0 bridgehead atoms. The number of halogens is 1. The van der Waals surface area contributed by atoms with Crippen LogP contribution < -0.4 is 10.6 Å². The topological polar surface area (TPSA) is 79.3 Å². The fraction of sp³-hybridized carbons (Fsp3) is 0.500. The zero-order valence-electron chi connectivity index (χ0n) is 18.0. The molecule has 0 aliphatic carbocycles. The first-order chi connectivity index (χ1) is 14.3. The van der Waals surface area contributed by atoms with Gasteiger partial charge in [0.2, 0.25) is 5.91 Å². The molecule has 0 saturated heterocycles. The Morgan fingerprint density at radius 1 is 1.20 bits per heavy atom. The predicted octanol–water partition coefficient (Wildman–Crippen LogP) is 2.42. The smallest absolute Gasteiger partial charge is 0.272 e. The highest BCUT2D eigenvalue weighted by Crippen LogP contribution is 2.26. The molecule has 2 aromatic rings. The van der Waals surface area contributed by atoms with Gasteiger partial charge in [0.1, 0.15) is 17.7 Å². The zero-order chi connectivity index (χ0) is 21.8. The second-order valence-electron chi connectivity index (χ2n) is 8.25. The number of hydrogen-bond acceptors (Lipinski definition) is 4. The number of hydrogen-bond donors (Lipinski definition) is 2. The maximum atomic E-state index is 13.4. The normalized spacial score (nSPS) is 15.4. The number of rotatable bonds is 6. The summed E-state index contributed by atoms with van der Waals surface area (Å²) >= 11 is 0. The minimum Gasteiger partial charge on any atom is -0.357 e. The van der Waals surface area contributed by atoms with E-state index in [1.165, 1.54) is 12.1 Å². The molecule has 1 atom stereocenters. The minimum atomic E-state index is -0.627. The van der Waals surface area contributed by atoms with Gasteiger partial charge < -0.3 is 20.1 Å². The molecule has 7 nitrogen and oxygen atoms in total. The molecule has 0 spiro atoms. The average molecular weight is 416 g/mol. The first-order valence-corrected chi connectivity index (χ1v) is 10.4. The van der Waals surface area contributed by atoms with Crippen molar-refractivity contribution in [2.75, 3.05) is 20.6 Å². The fourth-order valence-corrected chi connectivity index (χ4v) is 3.83. The highest BCUT2D eigenvalue weighted by Gasteiger charge is 2.28. The van der Waals surface area contributed by atoms with Gasteiger partial charge in [-0.3, -0.25) is 9.59 Å². The van der Waals surface area contributed by atoms with Gasteiger partial charge in [0.05, 0.1) is 5.69 Å². The van der Waals surface area contributed by atoms with E-state index in [0.29, 0.717) is 24.5 Å². The molecule has 3 rings (SSSR count). The molecule has 0 saturated carbocycles. The highest BCUT2D eigenvalue weighted by molar-refractivity contribution is 5.97. The number of carbonyl (C=O) groups excluding carboxylic acids is 2. The lowest BCUT2D eigenvalue weighted by atomic mass is 10.0. The van der Waals surface area contributed by atoms with Gasteiger partial charge >= 0.3 is 0 Å². The second-order valence-corrected chi connectivity index (χ2v) is 8.25. The Hall–Kier alpha value is -2.74. The van der Waals surface area contributed by atoms with Gasteiger partial charge in [0, 0.05) is 25.7 Å². The summed E-state index contributed by atoms with van der Waals surface area (Å²) in [5.74, 6) is -0.0190. The van der Waals surface area contributed by atoms with Crippen LogP contribution in [0, 0.1) is 11.7 Å². The van der Waals surface area contributed by atoms with Crippen LogP contribution in [0.3, 0.4) is 0 Å². The summed E-state index contributed by atoms with van der Waals surface area (Å²) in [6.07, 6.45) is 1.45. The molecule has 8 heteroatoms. The van der Waals surface area contributed by atoms with Crippen molar-refractivity contribution in [3.63, 3.8) is 0 Å². The van der Waals surface area contributed by atoms with Gasteiger partial charge in [-0.25, -0.2) is 9.37 Å². The first-order valence-electron chi connectivity index (χ1n) is 10.4. The van der Waals surface area contributed by atoms with Crippen LogP contribution in [0.15, 0.2) is 24.3 Å². The molecule has 1 aromatic heterocycles. The van der Waals surface area contributed by atoms with Crippen LogP contribution >= 0.6 is 0 Å². The number of benzene rings is 1. The third-order valence-electron chi connectivity index (χ3n) is 5.31. The number of likely N-dealkylation sites (N-methyl/N-ethyl adjacent to an activating group) is 1. The molecule has 2 heterocycles. The van der Waals surface area contributed by atoms with E-state index in [9.17, 15) is 14.0 Å². The van der Waals surface area contributed by atoms with Crippen molar-refractivity contribution < 1.29 is 14.0 Å². The van der Waals surface area contributed by atoms with Crippen molar-refractivity contribution in [2.45, 2.75) is 45.8 Å². The summed E-state index contributed by atoms with van der Waals surface area (Å²) in [7, 11) is 3.57. The maximum Gasteiger partial charge on any atom is 0.272 e. The van der Waals surface area contributed by atoms with Crippen molar-refractivity contribution in [3.8, 4) is 11.4 Å². The Morgan fingerprint density at radius 3 is 2.53 bits per heavy atom. The molecule has 2 N–H and O–H groups in total. The lowest BCUT2D eigenvalue weighted by Gasteiger charge is -2.19. The van der Waals surface area contributed by atoms with E-state index in [2.05, 4.69) is 20.5 Å². The molecule has 1 aliphatic heterocycles. The predicted molar refractivity (Wildman–Crippen MR) is 113 cm³/mol. The van der Waals surface area contributed by atoms with Crippen LogP contribution in [-0.2, 0) is 17.9 Å². The third kappa shape index (κ3) is 4.87. The molecule has 2 amide bonds. The van der Waals surface area contributed by atoms with E-state index in [1.54, 1.807) is 19.2 Å². The van der Waals surface area contributed by atoms with Gasteiger partial charge in [-0.2, -0.15) is 0 Å². The number of nitrogens with zero attached hydrogens (tertiary/aromatic N) is 3. The Morgan fingerprint density at radius 2 is 1.90 bits per heavy atom. The number of carbonyl (C=O) groups is 2. The number of imidazole rings is 1. The lowest BCUT2D eigenvalue weighted by molar-refractivity contribution is -0.122. The third-order valence-corrected chi connectivity index (χ3v) is 5.31. The number of aromatic nitrogens is 2. The van der Waals surface area contributed by atoms with Gasteiger partial charge in [0.25, 0.3) is 5.91 Å². The van der Waals surface area contributed by atoms with E-state index in [-0.39, 0.29) is 23.5 Å². The van der Waals surface area contributed by atoms with Gasteiger partial charge in [-0.1, -0.05) is 13.8 Å². The molecule has 0 unspecified atom stereocenters. The Bertz CT molecular complexity index is 907. The summed E-state index contributed by atoms with van der Waals surface area (Å²) in [6.45, 7) is 6.21. The van der Waals surface area contributed by atoms with E-state index in [1.807, 2.05) is 25.5 Å². The van der Waals surface area contributed by atoms with E-state index < -0.39 is 6.04 Å². The minimum absolute atomic E-state index is 0.224. The largest absolute Gasteiger partial charge is 0.357 e. The van der Waals surface area contributed by atoms with Gasteiger partial charge in [-0.05, 0) is 56.6 Å². The van der Waals surface area contributed by atoms with Crippen LogP contribution in [0.4, 0.5) is 4.39 Å². The zero-order valence-corrected chi connectivity index (χ0v) is 18.0. The average Bonchev–Trinajstić information content (AvgIpc) is 2.93. The highest BCUT2D eigenvalue weighted by atomic mass is 19.1. The summed E-state index contributed by atoms with van der Waals surface area (Å²) in [5, 5.41) is 5.49. The molecular weight excluding hydrogens is 385 g/mol. The Labute approximate surface area is 176 Å². The molecule has 162 valence electrons. The van der Waals surface area contributed by atoms with Crippen LogP contribution in [-0.4, -0.2) is 52.9 Å². The first kappa shape index (κ1) is 22.0. The molecule has 0 fully saturated rings. The number of amides is 2. The van der Waals surface area contributed by atoms with Crippen molar-refractivity contribution in [1.82, 2.24) is 25.1 Å². The monoisotopic (exact) mass is 415 g/mol. The van der Waals surface area contributed by atoms with Crippen molar-refractivity contribution >= 4 is 11.8 Å².